The van der Waals surface area contributed by atoms with E-state index >= 15 is 0 Å². The number of carbonyl (C=O) groups is 2. The first kappa shape index (κ1) is 22.6. The molecule has 8 nitrogen and oxygen atoms in total. The number of aromatic carboxylic acids is 1. The van der Waals surface area contributed by atoms with Crippen LogP contribution in [0.15, 0.2) is 71.8 Å². The number of nitrogens with zero attached hydrogens (tertiary/aromatic N) is 2. The summed E-state index contributed by atoms with van der Waals surface area (Å²) in [5, 5.41) is 24.9. The fourth-order valence-corrected chi connectivity index (χ4v) is 3.36. The number of anilines is 2. The minimum absolute atomic E-state index is 0.0122. The summed E-state index contributed by atoms with van der Waals surface area (Å²) in [4.78, 5) is 23.5. The average molecular weight is 470 g/mol. The molecule has 1 amide bonds. The number of hydrazine groups is 1. The van der Waals surface area contributed by atoms with Gasteiger partial charge in [0.1, 0.15) is 17.0 Å². The Bertz CT molecular complexity index is 1290. The number of carbonyl (C=O) groups excluding carboxylic acids is 1. The maximum Gasteiger partial charge on any atom is 0.416 e. The van der Waals surface area contributed by atoms with Gasteiger partial charge in [0, 0.05) is 5.56 Å². The van der Waals surface area contributed by atoms with Crippen molar-refractivity contribution in [3.8, 4) is 16.9 Å². The summed E-state index contributed by atoms with van der Waals surface area (Å²) in [5.74, 6) is -2.15. The Morgan fingerprint density at radius 1 is 1.06 bits per heavy atom. The number of carboxylic acid groups (broad SMARTS) is 1. The van der Waals surface area contributed by atoms with Crippen LogP contribution in [0.2, 0.25) is 0 Å². The number of hydrogen-bond donors (Lipinski definition) is 4. The highest BCUT2D eigenvalue weighted by Gasteiger charge is 2.31. The number of aromatic hydroxyl groups is 1. The van der Waals surface area contributed by atoms with Crippen molar-refractivity contribution in [3.63, 3.8) is 0 Å². The van der Waals surface area contributed by atoms with Gasteiger partial charge in [-0.3, -0.25) is 20.7 Å². The zero-order valence-corrected chi connectivity index (χ0v) is 17.3. The number of halogens is 3. The molecule has 0 aromatic heterocycles. The van der Waals surface area contributed by atoms with Crippen LogP contribution in [0.25, 0.3) is 11.1 Å². The summed E-state index contributed by atoms with van der Waals surface area (Å²) in [6, 6.07) is 15.3. The highest BCUT2D eigenvalue weighted by Crippen LogP contribution is 2.33. The van der Waals surface area contributed by atoms with Gasteiger partial charge in [-0.05, 0) is 48.0 Å². The molecule has 11 heteroatoms. The Hall–Kier alpha value is -4.54. The van der Waals surface area contributed by atoms with Gasteiger partial charge < -0.3 is 10.2 Å². The fraction of sp³-hybridized carbons (Fsp3) is 0.0870. The Morgan fingerprint density at radius 3 is 2.44 bits per heavy atom. The Balaban J connectivity index is 1.50. The molecule has 34 heavy (non-hydrogen) atoms. The quantitative estimate of drug-likeness (QED) is 0.418. The first-order valence-corrected chi connectivity index (χ1v) is 9.87. The maximum atomic E-state index is 12.7. The second kappa shape index (κ2) is 8.77. The van der Waals surface area contributed by atoms with E-state index in [-0.39, 0.29) is 23.6 Å². The molecule has 0 atom stereocenters. The fourth-order valence-electron chi connectivity index (χ4n) is 3.36. The van der Waals surface area contributed by atoms with E-state index in [2.05, 4.69) is 16.0 Å². The van der Waals surface area contributed by atoms with E-state index in [1.54, 1.807) is 30.3 Å². The Kier molecular flexibility index (Phi) is 5.84. The van der Waals surface area contributed by atoms with Gasteiger partial charge >= 0.3 is 12.1 Å². The van der Waals surface area contributed by atoms with E-state index in [1.165, 1.54) is 29.3 Å². The van der Waals surface area contributed by atoms with Gasteiger partial charge in [-0.1, -0.05) is 24.3 Å². The monoisotopic (exact) mass is 470 g/mol. The Labute approximate surface area is 190 Å². The molecule has 0 spiro atoms. The van der Waals surface area contributed by atoms with Crippen molar-refractivity contribution in [2.24, 2.45) is 5.10 Å². The first-order chi connectivity index (χ1) is 16.1. The molecule has 1 heterocycles. The van der Waals surface area contributed by atoms with Crippen molar-refractivity contribution >= 4 is 29.0 Å². The topological polar surface area (TPSA) is 114 Å². The van der Waals surface area contributed by atoms with Crippen LogP contribution in [0.4, 0.5) is 24.5 Å². The van der Waals surface area contributed by atoms with Crippen molar-refractivity contribution in [3.05, 3.63) is 77.9 Å². The van der Waals surface area contributed by atoms with E-state index in [4.69, 9.17) is 0 Å². The van der Waals surface area contributed by atoms with Crippen molar-refractivity contribution in [2.75, 3.05) is 17.0 Å². The van der Waals surface area contributed by atoms with Crippen LogP contribution in [-0.4, -0.2) is 34.3 Å². The number of carboxylic acids is 1. The van der Waals surface area contributed by atoms with Crippen LogP contribution in [0.5, 0.6) is 5.75 Å². The third kappa shape index (κ3) is 4.63. The van der Waals surface area contributed by atoms with E-state index in [1.807, 2.05) is 0 Å². The lowest BCUT2D eigenvalue weighted by Crippen LogP contribution is -2.32. The molecule has 3 aromatic rings. The molecular formula is C23H17F3N4O4. The van der Waals surface area contributed by atoms with Gasteiger partial charge in [0.25, 0.3) is 5.91 Å². The van der Waals surface area contributed by atoms with Gasteiger partial charge in [-0.25, -0.2) is 4.79 Å². The molecular weight excluding hydrogens is 453 g/mol. The van der Waals surface area contributed by atoms with E-state index in [9.17, 15) is 33.0 Å². The number of hydrogen-bond acceptors (Lipinski definition) is 6. The lowest BCUT2D eigenvalue weighted by Gasteiger charge is -2.17. The highest BCUT2D eigenvalue weighted by molar-refractivity contribution is 6.42. The molecule has 1 fully saturated rings. The van der Waals surface area contributed by atoms with Gasteiger partial charge in [0.15, 0.2) is 0 Å². The minimum Gasteiger partial charge on any atom is -0.506 e. The minimum atomic E-state index is -4.45. The van der Waals surface area contributed by atoms with Crippen LogP contribution in [-0.2, 0) is 11.0 Å². The molecule has 0 radical (unpaired) electrons. The number of hydrazone groups is 1. The standard InChI is InChI=1S/C23H17F3N4O4/c24-23(25,26)14-7-9-16(10-8-14)30-12-19(21(32)29-30)28-27-15-4-1-3-13(11-15)17-5-2-6-18(20(17)31)22(33)34/h1-11,27,31H,12H2,(H,29,32)(H,33,34). The highest BCUT2D eigenvalue weighted by atomic mass is 19.4. The summed E-state index contributed by atoms with van der Waals surface area (Å²) in [7, 11) is 0. The number of para-hydroxylation sites is 1. The van der Waals surface area contributed by atoms with Crippen LogP contribution < -0.4 is 15.9 Å². The van der Waals surface area contributed by atoms with E-state index in [0.717, 1.165) is 12.1 Å². The van der Waals surface area contributed by atoms with Gasteiger partial charge in [0.05, 0.1) is 23.5 Å². The number of amides is 1. The molecule has 174 valence electrons. The predicted molar refractivity (Wildman–Crippen MR) is 118 cm³/mol. The summed E-state index contributed by atoms with van der Waals surface area (Å²) in [5.41, 5.74) is 6.00. The summed E-state index contributed by atoms with van der Waals surface area (Å²) < 4.78 is 38.2. The van der Waals surface area contributed by atoms with Crippen molar-refractivity contribution in [1.29, 1.82) is 0 Å². The largest absolute Gasteiger partial charge is 0.506 e. The maximum absolute atomic E-state index is 12.7. The van der Waals surface area contributed by atoms with E-state index in [0.29, 0.717) is 22.5 Å². The summed E-state index contributed by atoms with van der Waals surface area (Å²) >= 11 is 0. The van der Waals surface area contributed by atoms with Crippen LogP contribution in [0, 0.1) is 0 Å². The summed E-state index contributed by atoms with van der Waals surface area (Å²) in [6.07, 6.45) is -4.45. The molecule has 1 saturated heterocycles. The van der Waals surface area contributed by atoms with Crippen LogP contribution in [0.1, 0.15) is 15.9 Å². The molecule has 1 aliphatic heterocycles. The SMILES string of the molecule is O=C1NN(c2ccc(C(F)(F)F)cc2)CC1=NNc1cccc(-c2cccc(C(=O)O)c2O)c1. The van der Waals surface area contributed by atoms with Crippen LogP contribution >= 0.6 is 0 Å². The first-order valence-electron chi connectivity index (χ1n) is 9.87. The van der Waals surface area contributed by atoms with Gasteiger partial charge in [-0.15, -0.1) is 0 Å². The molecule has 1 aliphatic rings. The number of phenols is 1. The number of benzene rings is 3. The molecule has 0 aliphatic carbocycles. The van der Waals surface area contributed by atoms with Crippen LogP contribution in [0.3, 0.4) is 0 Å². The molecule has 0 bridgehead atoms. The molecule has 3 aromatic carbocycles. The van der Waals surface area contributed by atoms with E-state index < -0.39 is 23.6 Å². The van der Waals surface area contributed by atoms with Gasteiger partial charge in [-0.2, -0.15) is 18.3 Å². The second-order valence-corrected chi connectivity index (χ2v) is 7.33. The predicted octanol–water partition coefficient (Wildman–Crippen LogP) is 4.10. The smallest absolute Gasteiger partial charge is 0.416 e. The third-order valence-electron chi connectivity index (χ3n) is 5.07. The molecule has 0 saturated carbocycles. The number of alkyl halides is 3. The van der Waals surface area contributed by atoms with Gasteiger partial charge in [0.2, 0.25) is 0 Å². The number of rotatable bonds is 5. The average Bonchev–Trinajstić information content (AvgIpc) is 3.18. The molecule has 4 rings (SSSR count). The zero-order valence-electron chi connectivity index (χ0n) is 17.3. The zero-order chi connectivity index (χ0) is 24.5. The normalized spacial score (nSPS) is 14.9. The third-order valence-corrected chi connectivity index (χ3v) is 5.07. The molecule has 4 N–H and O–H groups in total. The lowest BCUT2D eigenvalue weighted by atomic mass is 10.0. The summed E-state index contributed by atoms with van der Waals surface area (Å²) in [6.45, 7) is 0.0122. The second-order valence-electron chi connectivity index (χ2n) is 7.33. The molecule has 0 unspecified atom stereocenters. The Morgan fingerprint density at radius 2 is 1.76 bits per heavy atom. The van der Waals surface area contributed by atoms with Crippen molar-refractivity contribution in [2.45, 2.75) is 6.18 Å². The number of nitrogens with one attached hydrogen (secondary N) is 2. The lowest BCUT2D eigenvalue weighted by molar-refractivity contribution is -0.137. The van der Waals surface area contributed by atoms with Crippen molar-refractivity contribution in [1.82, 2.24) is 5.43 Å². The van der Waals surface area contributed by atoms with Crippen molar-refractivity contribution < 1.29 is 33.0 Å².